The Morgan fingerprint density at radius 2 is 2.40 bits per heavy atom. The average Bonchev–Trinajstić information content (AvgIpc) is 2.77. The van der Waals surface area contributed by atoms with Crippen LogP contribution in [0.25, 0.3) is 0 Å². The third kappa shape index (κ3) is 2.93. The van der Waals surface area contributed by atoms with Crippen LogP contribution >= 0.6 is 0 Å². The number of ether oxygens (including phenoxy) is 1. The lowest BCUT2D eigenvalue weighted by atomic mass is 10.1. The third-order valence-electron chi connectivity index (χ3n) is 1.73. The van der Waals surface area contributed by atoms with Gasteiger partial charge in [0.2, 0.25) is 0 Å². The van der Waals surface area contributed by atoms with Crippen LogP contribution in [0, 0.1) is 0 Å². The van der Waals surface area contributed by atoms with Crippen LogP contribution in [0.1, 0.15) is 11.9 Å². The Morgan fingerprint density at radius 1 is 1.67 bits per heavy atom. The second kappa shape index (κ2) is 5.33. The fraction of sp³-hybridized carbons (Fsp3) is 0.300. The van der Waals surface area contributed by atoms with E-state index < -0.39 is 12.1 Å². The largest absolute Gasteiger partial charge is 0.466 e. The number of rotatable bonds is 5. The Hall–Kier alpha value is -1.59. The predicted octanol–water partition coefficient (Wildman–Crippen LogP) is 0.405. The molecule has 82 valence electrons. The molecular formula is C10H12O5. The van der Waals surface area contributed by atoms with Crippen molar-refractivity contribution in [3.05, 3.63) is 36.3 Å². The molecule has 0 saturated carbocycles. The quantitative estimate of drug-likeness (QED) is 0.545. The molecule has 1 aromatic rings. The van der Waals surface area contributed by atoms with Crippen molar-refractivity contribution in [2.45, 2.75) is 6.10 Å². The smallest absolute Gasteiger partial charge is 0.336 e. The van der Waals surface area contributed by atoms with Crippen molar-refractivity contribution in [2.24, 2.45) is 0 Å². The SMILES string of the molecule is C=C(C(=O)OCCO)C(O)c1ccco1. The molecule has 2 N–H and O–H groups in total. The van der Waals surface area contributed by atoms with Crippen molar-refractivity contribution in [3.63, 3.8) is 0 Å². The van der Waals surface area contributed by atoms with Gasteiger partial charge in [-0.05, 0) is 12.1 Å². The van der Waals surface area contributed by atoms with Gasteiger partial charge in [-0.15, -0.1) is 0 Å². The highest BCUT2D eigenvalue weighted by atomic mass is 16.5. The number of esters is 1. The number of aliphatic hydroxyl groups is 2. The van der Waals surface area contributed by atoms with Crippen LogP contribution in [-0.2, 0) is 9.53 Å². The van der Waals surface area contributed by atoms with Gasteiger partial charge in [0.15, 0.2) is 0 Å². The van der Waals surface area contributed by atoms with Gasteiger partial charge >= 0.3 is 5.97 Å². The molecule has 0 fully saturated rings. The van der Waals surface area contributed by atoms with E-state index in [0.717, 1.165) is 0 Å². The lowest BCUT2D eigenvalue weighted by Gasteiger charge is -2.10. The molecule has 0 aliphatic rings. The van der Waals surface area contributed by atoms with Crippen molar-refractivity contribution in [2.75, 3.05) is 13.2 Å². The summed E-state index contributed by atoms with van der Waals surface area (Å²) in [7, 11) is 0. The number of aliphatic hydroxyl groups excluding tert-OH is 2. The van der Waals surface area contributed by atoms with E-state index in [1.165, 1.54) is 12.3 Å². The standard InChI is InChI=1S/C10H12O5/c1-7(10(13)15-6-4-11)9(12)8-3-2-5-14-8/h2-3,5,9,11-12H,1,4,6H2. The second-order valence-electron chi connectivity index (χ2n) is 2.80. The highest BCUT2D eigenvalue weighted by Crippen LogP contribution is 2.21. The van der Waals surface area contributed by atoms with Crippen molar-refractivity contribution < 1.29 is 24.2 Å². The van der Waals surface area contributed by atoms with Crippen LogP contribution < -0.4 is 0 Å². The summed E-state index contributed by atoms with van der Waals surface area (Å²) in [5.74, 6) is -0.533. The molecule has 5 nitrogen and oxygen atoms in total. The van der Waals surface area contributed by atoms with E-state index in [0.29, 0.717) is 0 Å². The van der Waals surface area contributed by atoms with Crippen molar-refractivity contribution >= 4 is 5.97 Å². The highest BCUT2D eigenvalue weighted by molar-refractivity contribution is 5.88. The van der Waals surface area contributed by atoms with Crippen LogP contribution in [0.3, 0.4) is 0 Å². The number of hydrogen-bond donors (Lipinski definition) is 2. The molecule has 1 rings (SSSR count). The number of carbonyl (C=O) groups excluding carboxylic acids is 1. The molecule has 0 bridgehead atoms. The number of carbonyl (C=O) groups is 1. The fourth-order valence-corrected chi connectivity index (χ4v) is 0.961. The molecule has 1 aromatic heterocycles. The first-order chi connectivity index (χ1) is 7.16. The van der Waals surface area contributed by atoms with Gasteiger partial charge in [-0.2, -0.15) is 0 Å². The van der Waals surface area contributed by atoms with Gasteiger partial charge in [-0.1, -0.05) is 6.58 Å². The summed E-state index contributed by atoms with van der Waals surface area (Å²) < 4.78 is 9.49. The lowest BCUT2D eigenvalue weighted by molar-refractivity contribution is -0.141. The van der Waals surface area contributed by atoms with Crippen LogP contribution in [0.15, 0.2) is 35.0 Å². The van der Waals surface area contributed by atoms with Gasteiger partial charge in [0.05, 0.1) is 18.4 Å². The Morgan fingerprint density at radius 3 is 2.93 bits per heavy atom. The van der Waals surface area contributed by atoms with E-state index in [2.05, 4.69) is 11.3 Å². The van der Waals surface area contributed by atoms with Gasteiger partial charge in [-0.25, -0.2) is 4.79 Å². The van der Waals surface area contributed by atoms with Crippen molar-refractivity contribution in [3.8, 4) is 0 Å². The second-order valence-corrected chi connectivity index (χ2v) is 2.80. The van der Waals surface area contributed by atoms with E-state index >= 15 is 0 Å². The van der Waals surface area contributed by atoms with Gasteiger partial charge in [-0.3, -0.25) is 0 Å². The number of furan rings is 1. The maximum absolute atomic E-state index is 11.2. The molecule has 0 spiro atoms. The van der Waals surface area contributed by atoms with Gasteiger partial charge in [0.1, 0.15) is 18.5 Å². The molecule has 15 heavy (non-hydrogen) atoms. The first-order valence-electron chi connectivity index (χ1n) is 4.35. The minimum Gasteiger partial charge on any atom is -0.466 e. The summed E-state index contributed by atoms with van der Waals surface area (Å²) in [6.45, 7) is 3.01. The summed E-state index contributed by atoms with van der Waals surface area (Å²) in [6.07, 6.45) is 0.163. The first kappa shape index (κ1) is 11.5. The summed E-state index contributed by atoms with van der Waals surface area (Å²) in [6, 6.07) is 3.11. The van der Waals surface area contributed by atoms with Crippen LogP contribution in [-0.4, -0.2) is 29.4 Å². The zero-order valence-electron chi connectivity index (χ0n) is 8.05. The zero-order valence-corrected chi connectivity index (χ0v) is 8.05. The van der Waals surface area contributed by atoms with E-state index in [9.17, 15) is 9.90 Å². The molecule has 1 atom stereocenters. The fourth-order valence-electron chi connectivity index (χ4n) is 0.961. The Kier molecular flexibility index (Phi) is 4.08. The van der Waals surface area contributed by atoms with E-state index in [1.807, 2.05) is 0 Å². The third-order valence-corrected chi connectivity index (χ3v) is 1.73. The molecule has 0 aromatic carbocycles. The van der Waals surface area contributed by atoms with E-state index in [4.69, 9.17) is 9.52 Å². The van der Waals surface area contributed by atoms with E-state index in [1.54, 1.807) is 6.07 Å². The average molecular weight is 212 g/mol. The van der Waals surface area contributed by atoms with Crippen LogP contribution in [0.2, 0.25) is 0 Å². The Balaban J connectivity index is 2.57. The molecule has 1 unspecified atom stereocenters. The Labute approximate surface area is 86.6 Å². The van der Waals surface area contributed by atoms with Crippen LogP contribution in [0.5, 0.6) is 0 Å². The molecule has 0 radical (unpaired) electrons. The molecule has 0 saturated heterocycles. The molecule has 5 heteroatoms. The minimum absolute atomic E-state index is 0.122. The first-order valence-corrected chi connectivity index (χ1v) is 4.35. The van der Waals surface area contributed by atoms with Crippen molar-refractivity contribution in [1.29, 1.82) is 0 Å². The predicted molar refractivity (Wildman–Crippen MR) is 50.9 cm³/mol. The monoisotopic (exact) mass is 212 g/mol. The zero-order chi connectivity index (χ0) is 11.3. The number of hydrogen-bond acceptors (Lipinski definition) is 5. The lowest BCUT2D eigenvalue weighted by Crippen LogP contribution is -2.15. The molecular weight excluding hydrogens is 200 g/mol. The maximum atomic E-state index is 11.2. The molecule has 0 amide bonds. The van der Waals surface area contributed by atoms with Crippen LogP contribution in [0.4, 0.5) is 0 Å². The topological polar surface area (TPSA) is 79.9 Å². The normalized spacial score (nSPS) is 12.1. The van der Waals surface area contributed by atoms with Crippen molar-refractivity contribution in [1.82, 2.24) is 0 Å². The maximum Gasteiger partial charge on any atom is 0.336 e. The summed E-state index contributed by atoms with van der Waals surface area (Å²) >= 11 is 0. The Bertz CT molecular complexity index is 328. The summed E-state index contributed by atoms with van der Waals surface area (Å²) in [5.41, 5.74) is -0.126. The van der Waals surface area contributed by atoms with Gasteiger partial charge < -0.3 is 19.4 Å². The summed E-state index contributed by atoms with van der Waals surface area (Å²) in [4.78, 5) is 11.2. The molecule has 1 heterocycles. The van der Waals surface area contributed by atoms with E-state index in [-0.39, 0.29) is 24.5 Å². The van der Waals surface area contributed by atoms with Gasteiger partial charge in [0.25, 0.3) is 0 Å². The summed E-state index contributed by atoms with van der Waals surface area (Å²) in [5, 5.41) is 18.0. The highest BCUT2D eigenvalue weighted by Gasteiger charge is 2.21. The molecule has 0 aliphatic carbocycles. The minimum atomic E-state index is -1.22. The molecule has 0 aliphatic heterocycles. The van der Waals surface area contributed by atoms with Gasteiger partial charge in [0, 0.05) is 0 Å².